The first kappa shape index (κ1) is 12.2. The van der Waals surface area contributed by atoms with Gasteiger partial charge in [0.2, 0.25) is 0 Å². The van der Waals surface area contributed by atoms with Gasteiger partial charge in [0.15, 0.2) is 0 Å². The van der Waals surface area contributed by atoms with Crippen LogP contribution in [0.1, 0.15) is 35.8 Å². The summed E-state index contributed by atoms with van der Waals surface area (Å²) in [6, 6.07) is 5.94. The highest BCUT2D eigenvalue weighted by molar-refractivity contribution is 5.38. The van der Waals surface area contributed by atoms with Crippen LogP contribution in [0.4, 0.5) is 0 Å². The molecule has 1 aromatic carbocycles. The minimum atomic E-state index is -0.358. The quantitative estimate of drug-likeness (QED) is 0.912. The van der Waals surface area contributed by atoms with E-state index in [2.05, 4.69) is 10.3 Å². The molecule has 1 N–H and O–H groups in total. The molecule has 1 aliphatic carbocycles. The number of rotatable bonds is 3. The van der Waals surface area contributed by atoms with Gasteiger partial charge in [0.1, 0.15) is 18.1 Å². The molecule has 3 rings (SSSR count). The van der Waals surface area contributed by atoms with Crippen LogP contribution in [0.15, 0.2) is 24.4 Å². The normalized spacial score (nSPS) is 18.1. The Morgan fingerprint density at radius 3 is 3.16 bits per heavy atom. The number of aromatic nitrogens is 3. The van der Waals surface area contributed by atoms with Crippen LogP contribution >= 0.6 is 0 Å². The predicted octanol–water partition coefficient (Wildman–Crippen LogP) is 1.76. The van der Waals surface area contributed by atoms with Crippen LogP contribution < -0.4 is 4.74 Å². The second kappa shape index (κ2) is 5.01. The fourth-order valence-electron chi connectivity index (χ4n) is 2.46. The Balaban J connectivity index is 1.73. The average molecular weight is 259 g/mol. The molecule has 19 heavy (non-hydrogen) atoms. The van der Waals surface area contributed by atoms with E-state index in [1.807, 2.05) is 31.4 Å². The van der Waals surface area contributed by atoms with Crippen LogP contribution in [0.2, 0.25) is 0 Å². The Labute approximate surface area is 111 Å². The summed E-state index contributed by atoms with van der Waals surface area (Å²) in [4.78, 5) is 0. The Morgan fingerprint density at radius 2 is 2.37 bits per heavy atom. The van der Waals surface area contributed by atoms with Gasteiger partial charge in [-0.05, 0) is 42.5 Å². The molecule has 1 atom stereocenters. The van der Waals surface area contributed by atoms with Crippen LogP contribution in [-0.2, 0) is 20.1 Å². The fraction of sp³-hybridized carbons (Fsp3) is 0.429. The van der Waals surface area contributed by atoms with Gasteiger partial charge in [-0.1, -0.05) is 11.3 Å². The van der Waals surface area contributed by atoms with Gasteiger partial charge in [-0.25, -0.2) is 0 Å². The predicted molar refractivity (Wildman–Crippen MR) is 69.7 cm³/mol. The molecule has 5 nitrogen and oxygen atoms in total. The molecule has 5 heteroatoms. The zero-order chi connectivity index (χ0) is 13.2. The van der Waals surface area contributed by atoms with Gasteiger partial charge < -0.3 is 9.84 Å². The van der Waals surface area contributed by atoms with Crippen molar-refractivity contribution in [2.45, 2.75) is 32.0 Å². The van der Waals surface area contributed by atoms with E-state index in [0.29, 0.717) is 6.61 Å². The van der Waals surface area contributed by atoms with E-state index in [-0.39, 0.29) is 6.10 Å². The van der Waals surface area contributed by atoms with Gasteiger partial charge in [0, 0.05) is 7.05 Å². The van der Waals surface area contributed by atoms with E-state index >= 15 is 0 Å². The van der Waals surface area contributed by atoms with E-state index in [1.54, 1.807) is 4.68 Å². The molecule has 0 bridgehead atoms. The summed E-state index contributed by atoms with van der Waals surface area (Å²) in [7, 11) is 1.83. The monoisotopic (exact) mass is 259 g/mol. The summed E-state index contributed by atoms with van der Waals surface area (Å²) in [5, 5.41) is 17.8. The van der Waals surface area contributed by atoms with Gasteiger partial charge in [0.05, 0.1) is 12.3 Å². The lowest BCUT2D eigenvalue weighted by Gasteiger charge is -2.21. The molecule has 1 aromatic heterocycles. The van der Waals surface area contributed by atoms with Crippen molar-refractivity contribution in [3.8, 4) is 5.75 Å². The lowest BCUT2D eigenvalue weighted by atomic mass is 9.89. The fourth-order valence-corrected chi connectivity index (χ4v) is 2.46. The zero-order valence-electron chi connectivity index (χ0n) is 10.9. The van der Waals surface area contributed by atoms with Gasteiger partial charge in [-0.15, -0.1) is 5.10 Å². The number of benzene rings is 1. The van der Waals surface area contributed by atoms with Crippen LogP contribution in [0.5, 0.6) is 5.75 Å². The number of aliphatic hydroxyl groups excluding tert-OH is 1. The van der Waals surface area contributed by atoms with Crippen LogP contribution in [-0.4, -0.2) is 20.1 Å². The van der Waals surface area contributed by atoms with Crippen molar-refractivity contribution in [1.29, 1.82) is 0 Å². The summed E-state index contributed by atoms with van der Waals surface area (Å²) in [5.74, 6) is 0.769. The van der Waals surface area contributed by atoms with Gasteiger partial charge in [-0.3, -0.25) is 4.68 Å². The molecule has 2 aromatic rings. The first-order chi connectivity index (χ1) is 9.22. The Bertz CT molecular complexity index is 580. The SMILES string of the molecule is Cn1cc(COc2ccc3c(c2)C(O)CCC3)nn1. The molecule has 0 aliphatic heterocycles. The second-order valence-corrected chi connectivity index (χ2v) is 4.94. The molecular formula is C14H17N3O2. The average Bonchev–Trinajstić information content (AvgIpc) is 2.83. The van der Waals surface area contributed by atoms with Crippen molar-refractivity contribution in [2.75, 3.05) is 0 Å². The highest BCUT2D eigenvalue weighted by Gasteiger charge is 2.18. The molecular weight excluding hydrogens is 242 g/mol. The first-order valence-electron chi connectivity index (χ1n) is 6.51. The third-order valence-corrected chi connectivity index (χ3v) is 3.44. The highest BCUT2D eigenvalue weighted by Crippen LogP contribution is 2.32. The summed E-state index contributed by atoms with van der Waals surface area (Å²) in [5.41, 5.74) is 3.02. The maximum Gasteiger partial charge on any atom is 0.134 e. The standard InChI is InChI=1S/C14H17N3O2/c1-17-8-11(15-16-17)9-19-12-6-5-10-3-2-4-14(18)13(10)7-12/h5-8,14,18H,2-4,9H2,1H3. The maximum absolute atomic E-state index is 9.99. The molecule has 1 aliphatic rings. The third-order valence-electron chi connectivity index (χ3n) is 3.44. The third kappa shape index (κ3) is 2.61. The first-order valence-corrected chi connectivity index (χ1v) is 6.51. The second-order valence-electron chi connectivity index (χ2n) is 4.94. The largest absolute Gasteiger partial charge is 0.487 e. The smallest absolute Gasteiger partial charge is 0.134 e. The van der Waals surface area contributed by atoms with Crippen molar-refractivity contribution in [1.82, 2.24) is 15.0 Å². The molecule has 0 saturated carbocycles. The summed E-state index contributed by atoms with van der Waals surface area (Å²) in [6.45, 7) is 0.392. The number of nitrogens with zero attached hydrogens (tertiary/aromatic N) is 3. The summed E-state index contributed by atoms with van der Waals surface area (Å²) < 4.78 is 7.34. The van der Waals surface area contributed by atoms with Gasteiger partial charge in [-0.2, -0.15) is 0 Å². The van der Waals surface area contributed by atoms with Crippen molar-refractivity contribution in [3.05, 3.63) is 41.2 Å². The van der Waals surface area contributed by atoms with Gasteiger partial charge in [0.25, 0.3) is 0 Å². The van der Waals surface area contributed by atoms with Crippen molar-refractivity contribution < 1.29 is 9.84 Å². The number of fused-ring (bicyclic) bond motifs is 1. The molecule has 100 valence electrons. The number of ether oxygens (including phenoxy) is 1. The molecule has 1 heterocycles. The summed E-state index contributed by atoms with van der Waals surface area (Å²) >= 11 is 0. The van der Waals surface area contributed by atoms with E-state index in [0.717, 1.165) is 36.3 Å². The Kier molecular flexibility index (Phi) is 3.21. The lowest BCUT2D eigenvalue weighted by Crippen LogP contribution is -2.09. The lowest BCUT2D eigenvalue weighted by molar-refractivity contribution is 0.156. The van der Waals surface area contributed by atoms with E-state index in [4.69, 9.17) is 4.74 Å². The topological polar surface area (TPSA) is 60.2 Å². The number of aliphatic hydroxyl groups is 1. The summed E-state index contributed by atoms with van der Waals surface area (Å²) in [6.07, 6.45) is 4.39. The van der Waals surface area contributed by atoms with Crippen molar-refractivity contribution in [3.63, 3.8) is 0 Å². The maximum atomic E-state index is 9.99. The zero-order valence-corrected chi connectivity index (χ0v) is 10.9. The molecule has 0 radical (unpaired) electrons. The Morgan fingerprint density at radius 1 is 1.47 bits per heavy atom. The molecule has 0 amide bonds. The number of hydrogen-bond donors (Lipinski definition) is 1. The number of aryl methyl sites for hydroxylation is 2. The van der Waals surface area contributed by atoms with Crippen LogP contribution in [0, 0.1) is 0 Å². The molecule has 0 saturated heterocycles. The van der Waals surface area contributed by atoms with Crippen molar-refractivity contribution >= 4 is 0 Å². The molecule has 1 unspecified atom stereocenters. The van der Waals surface area contributed by atoms with E-state index in [9.17, 15) is 5.11 Å². The molecule has 0 fully saturated rings. The minimum Gasteiger partial charge on any atom is -0.487 e. The van der Waals surface area contributed by atoms with Crippen molar-refractivity contribution in [2.24, 2.45) is 7.05 Å². The molecule has 0 spiro atoms. The highest BCUT2D eigenvalue weighted by atomic mass is 16.5. The minimum absolute atomic E-state index is 0.358. The van der Waals surface area contributed by atoms with Crippen LogP contribution in [0.25, 0.3) is 0 Å². The van der Waals surface area contributed by atoms with E-state index < -0.39 is 0 Å². The van der Waals surface area contributed by atoms with Gasteiger partial charge >= 0.3 is 0 Å². The Hall–Kier alpha value is -1.88. The van der Waals surface area contributed by atoms with Crippen LogP contribution in [0.3, 0.4) is 0 Å². The number of hydrogen-bond acceptors (Lipinski definition) is 4. The van der Waals surface area contributed by atoms with E-state index in [1.165, 1.54) is 5.56 Å².